The fourth-order valence-corrected chi connectivity index (χ4v) is 2.57. The number of ketones is 1. The Balaban J connectivity index is 1.84. The zero-order valence-corrected chi connectivity index (χ0v) is 16.3. The number of methoxy groups -OCH3 is 1. The summed E-state index contributed by atoms with van der Waals surface area (Å²) < 4.78 is 15.4. The van der Waals surface area contributed by atoms with Gasteiger partial charge in [-0.15, -0.1) is 0 Å². The first-order valence-corrected chi connectivity index (χ1v) is 8.64. The van der Waals surface area contributed by atoms with Crippen molar-refractivity contribution in [2.75, 3.05) is 25.6 Å². The Hall–Kier alpha value is -3.35. The van der Waals surface area contributed by atoms with E-state index in [0.29, 0.717) is 22.7 Å². The Morgan fingerprint density at radius 2 is 1.61 bits per heavy atom. The molecule has 148 valence electrons. The van der Waals surface area contributed by atoms with Crippen molar-refractivity contribution in [3.8, 4) is 11.5 Å². The van der Waals surface area contributed by atoms with Crippen molar-refractivity contribution in [1.82, 2.24) is 0 Å². The predicted octanol–water partition coefficient (Wildman–Crippen LogP) is 3.08. The number of hydrogen-bond donors (Lipinski definition) is 1. The van der Waals surface area contributed by atoms with Gasteiger partial charge in [0.25, 0.3) is 5.91 Å². The maximum Gasteiger partial charge on any atom is 0.344 e. The second kappa shape index (κ2) is 9.55. The summed E-state index contributed by atoms with van der Waals surface area (Å²) in [5.41, 5.74) is 3.15. The van der Waals surface area contributed by atoms with Crippen LogP contribution < -0.4 is 14.8 Å². The minimum Gasteiger partial charge on any atom is -0.493 e. The maximum atomic E-state index is 11.9. The molecule has 7 heteroatoms. The van der Waals surface area contributed by atoms with Crippen molar-refractivity contribution in [2.45, 2.75) is 20.8 Å². The number of rotatable bonds is 8. The lowest BCUT2D eigenvalue weighted by molar-refractivity contribution is -0.149. The van der Waals surface area contributed by atoms with Crippen molar-refractivity contribution in [3.63, 3.8) is 0 Å². The molecular formula is C21H23NO6. The van der Waals surface area contributed by atoms with Gasteiger partial charge < -0.3 is 19.5 Å². The molecule has 0 spiro atoms. The smallest absolute Gasteiger partial charge is 0.344 e. The highest BCUT2D eigenvalue weighted by molar-refractivity contribution is 5.95. The monoisotopic (exact) mass is 385 g/mol. The van der Waals surface area contributed by atoms with Crippen LogP contribution in [0.1, 0.15) is 28.4 Å². The van der Waals surface area contributed by atoms with E-state index >= 15 is 0 Å². The van der Waals surface area contributed by atoms with Gasteiger partial charge in [0.1, 0.15) is 0 Å². The summed E-state index contributed by atoms with van der Waals surface area (Å²) in [4.78, 5) is 35.2. The highest BCUT2D eigenvalue weighted by Crippen LogP contribution is 2.28. The lowest BCUT2D eigenvalue weighted by Crippen LogP contribution is -2.23. The Kier molecular flexibility index (Phi) is 7.14. The molecule has 0 saturated carbocycles. The molecule has 0 aliphatic carbocycles. The van der Waals surface area contributed by atoms with Gasteiger partial charge in [0, 0.05) is 11.3 Å². The van der Waals surface area contributed by atoms with Gasteiger partial charge in [0.15, 0.2) is 30.5 Å². The summed E-state index contributed by atoms with van der Waals surface area (Å²) in [6, 6.07) is 10.3. The molecule has 0 aromatic heterocycles. The number of benzene rings is 2. The Morgan fingerprint density at radius 1 is 0.929 bits per heavy atom. The van der Waals surface area contributed by atoms with Crippen LogP contribution in [0.2, 0.25) is 0 Å². The van der Waals surface area contributed by atoms with Gasteiger partial charge in [0.05, 0.1) is 7.11 Å². The first-order valence-electron chi connectivity index (χ1n) is 8.64. The molecule has 0 saturated heterocycles. The third-order valence-corrected chi connectivity index (χ3v) is 3.79. The molecule has 0 aliphatic rings. The zero-order valence-electron chi connectivity index (χ0n) is 16.3. The number of anilines is 1. The number of hydrogen-bond acceptors (Lipinski definition) is 6. The maximum absolute atomic E-state index is 11.9. The fraction of sp³-hybridized carbons (Fsp3) is 0.286. The molecular weight excluding hydrogens is 362 g/mol. The van der Waals surface area contributed by atoms with E-state index < -0.39 is 25.1 Å². The minimum atomic E-state index is -0.701. The molecule has 0 bridgehead atoms. The molecule has 28 heavy (non-hydrogen) atoms. The Morgan fingerprint density at radius 3 is 2.21 bits per heavy atom. The predicted molar refractivity (Wildman–Crippen MR) is 104 cm³/mol. The molecule has 1 amide bonds. The van der Waals surface area contributed by atoms with Crippen molar-refractivity contribution in [3.05, 3.63) is 53.1 Å². The SMILES string of the molecule is COc1cc(C(C)=O)ccc1OCC(=O)OCC(=O)Nc1cc(C)cc(C)c1. The third kappa shape index (κ3) is 6.12. The standard InChI is InChI=1S/C21H23NO6/c1-13-7-14(2)9-17(8-13)22-20(24)11-28-21(25)12-27-18-6-5-16(15(3)23)10-19(18)26-4/h5-10H,11-12H2,1-4H3,(H,22,24). The fourth-order valence-electron chi connectivity index (χ4n) is 2.57. The number of carbonyl (C=O) groups excluding carboxylic acids is 3. The van der Waals surface area contributed by atoms with Gasteiger partial charge in [-0.3, -0.25) is 9.59 Å². The number of amides is 1. The van der Waals surface area contributed by atoms with Crippen LogP contribution in [0.4, 0.5) is 5.69 Å². The van der Waals surface area contributed by atoms with E-state index in [1.165, 1.54) is 26.2 Å². The molecule has 0 atom stereocenters. The molecule has 7 nitrogen and oxygen atoms in total. The second-order valence-corrected chi connectivity index (χ2v) is 6.30. The van der Waals surface area contributed by atoms with Crippen LogP contribution in [0.5, 0.6) is 11.5 Å². The van der Waals surface area contributed by atoms with Gasteiger partial charge in [0.2, 0.25) is 0 Å². The number of aryl methyl sites for hydroxylation is 2. The highest BCUT2D eigenvalue weighted by Gasteiger charge is 2.12. The highest BCUT2D eigenvalue weighted by atomic mass is 16.6. The summed E-state index contributed by atoms with van der Waals surface area (Å²) in [6.07, 6.45) is 0. The molecule has 2 aromatic rings. The first-order chi connectivity index (χ1) is 13.3. The Bertz CT molecular complexity index is 870. The largest absolute Gasteiger partial charge is 0.493 e. The number of esters is 1. The van der Waals surface area contributed by atoms with Crippen LogP contribution in [0.25, 0.3) is 0 Å². The van der Waals surface area contributed by atoms with Crippen molar-refractivity contribution < 1.29 is 28.6 Å². The van der Waals surface area contributed by atoms with E-state index in [1.807, 2.05) is 32.0 Å². The molecule has 0 radical (unpaired) electrons. The van der Waals surface area contributed by atoms with E-state index in [4.69, 9.17) is 14.2 Å². The molecule has 0 fully saturated rings. The van der Waals surface area contributed by atoms with E-state index in [9.17, 15) is 14.4 Å². The normalized spacial score (nSPS) is 10.1. The molecule has 0 unspecified atom stereocenters. The molecule has 1 N–H and O–H groups in total. The average Bonchev–Trinajstić information content (AvgIpc) is 2.63. The number of ether oxygens (including phenoxy) is 3. The van der Waals surface area contributed by atoms with E-state index in [-0.39, 0.29) is 5.78 Å². The van der Waals surface area contributed by atoms with Gasteiger partial charge in [-0.1, -0.05) is 6.07 Å². The number of Topliss-reactive ketones (excluding diaryl/α,β-unsaturated/α-hetero) is 1. The van der Waals surface area contributed by atoms with Crippen LogP contribution in [0.3, 0.4) is 0 Å². The van der Waals surface area contributed by atoms with Crippen LogP contribution in [-0.4, -0.2) is 38.0 Å². The number of nitrogens with one attached hydrogen (secondary N) is 1. The molecule has 0 heterocycles. The topological polar surface area (TPSA) is 90.9 Å². The lowest BCUT2D eigenvalue weighted by atomic mass is 10.1. The third-order valence-electron chi connectivity index (χ3n) is 3.79. The molecule has 0 aliphatic heterocycles. The first kappa shape index (κ1) is 21.0. The zero-order chi connectivity index (χ0) is 20.7. The van der Waals surface area contributed by atoms with E-state index in [2.05, 4.69) is 5.32 Å². The van der Waals surface area contributed by atoms with Gasteiger partial charge in [-0.05, 0) is 62.2 Å². The van der Waals surface area contributed by atoms with Crippen LogP contribution >= 0.6 is 0 Å². The number of carbonyl (C=O) groups is 3. The average molecular weight is 385 g/mol. The summed E-state index contributed by atoms with van der Waals surface area (Å²) >= 11 is 0. The van der Waals surface area contributed by atoms with Gasteiger partial charge in [-0.2, -0.15) is 0 Å². The van der Waals surface area contributed by atoms with E-state index in [1.54, 1.807) is 6.07 Å². The van der Waals surface area contributed by atoms with Crippen molar-refractivity contribution in [1.29, 1.82) is 0 Å². The van der Waals surface area contributed by atoms with Crippen LogP contribution in [0, 0.1) is 13.8 Å². The summed E-state index contributed by atoms with van der Waals surface area (Å²) in [6.45, 7) is 4.48. The van der Waals surface area contributed by atoms with Crippen molar-refractivity contribution >= 4 is 23.3 Å². The van der Waals surface area contributed by atoms with Gasteiger partial charge >= 0.3 is 5.97 Å². The molecule has 2 rings (SSSR count). The lowest BCUT2D eigenvalue weighted by Gasteiger charge is -2.11. The van der Waals surface area contributed by atoms with E-state index in [0.717, 1.165) is 11.1 Å². The quantitative estimate of drug-likeness (QED) is 0.555. The second-order valence-electron chi connectivity index (χ2n) is 6.30. The summed E-state index contributed by atoms with van der Waals surface area (Å²) in [5.74, 6) is -0.633. The van der Waals surface area contributed by atoms with Gasteiger partial charge in [-0.25, -0.2) is 4.79 Å². The summed E-state index contributed by atoms with van der Waals surface area (Å²) in [7, 11) is 1.43. The summed E-state index contributed by atoms with van der Waals surface area (Å²) in [5, 5.41) is 2.68. The van der Waals surface area contributed by atoms with Crippen LogP contribution in [-0.2, 0) is 14.3 Å². The molecule has 2 aromatic carbocycles. The van der Waals surface area contributed by atoms with Crippen LogP contribution in [0.15, 0.2) is 36.4 Å². The van der Waals surface area contributed by atoms with Crippen molar-refractivity contribution in [2.24, 2.45) is 0 Å². The minimum absolute atomic E-state index is 0.112. The Labute approximate surface area is 163 Å².